The van der Waals surface area contributed by atoms with Crippen LogP contribution in [0.1, 0.15) is 10.4 Å². The van der Waals surface area contributed by atoms with Crippen LogP contribution in [0.5, 0.6) is 5.88 Å². The maximum Gasteiger partial charge on any atom is 0.328 e. The topological polar surface area (TPSA) is 187 Å². The van der Waals surface area contributed by atoms with E-state index in [9.17, 15) is 19.5 Å². The number of tetrazole rings is 1. The molecule has 3 heterocycles. The predicted octanol–water partition coefficient (Wildman–Crippen LogP) is -0.594. The fraction of sp³-hybridized carbons (Fsp3) is 0. The summed E-state index contributed by atoms with van der Waals surface area (Å²) in [4.78, 5) is 44.8. The fourth-order valence-corrected chi connectivity index (χ4v) is 2.07. The van der Waals surface area contributed by atoms with Crippen molar-refractivity contribution in [3.05, 3.63) is 75.7 Å². The summed E-state index contributed by atoms with van der Waals surface area (Å²) in [7, 11) is 0. The molecular weight excluding hydrogens is 370 g/mol. The van der Waals surface area contributed by atoms with E-state index in [0.29, 0.717) is 11.4 Å². The lowest BCUT2D eigenvalue weighted by molar-refractivity contribution is 0.102. The van der Waals surface area contributed by atoms with Gasteiger partial charge in [0.15, 0.2) is 5.56 Å². The fourth-order valence-electron chi connectivity index (χ4n) is 2.07. The molecule has 0 aliphatic carbocycles. The highest BCUT2D eigenvalue weighted by Gasteiger charge is 2.17. The van der Waals surface area contributed by atoms with Crippen molar-refractivity contribution in [2.24, 2.45) is 0 Å². The average molecular weight is 383 g/mol. The molecule has 1 aromatic carbocycles. The standard InChI is InChI=1S/C12H9N7O4.C3H4N2/c20-9(8-10(21)15-12(23)16-11(8)22)14-6-1-3-7(4-2-6)19-5-13-17-18-19;1-2-5-3-4-1/h1-5H,(H,14,20)(H3,15,16,21,22,23);1-3H,(H,4,5). The largest absolute Gasteiger partial charge is 0.494 e. The molecule has 4 aromatic rings. The molecule has 4 rings (SSSR count). The first-order chi connectivity index (χ1) is 13.5. The molecule has 0 fully saturated rings. The number of aromatic amines is 3. The average Bonchev–Trinajstić information content (AvgIpc) is 3.38. The van der Waals surface area contributed by atoms with Gasteiger partial charge >= 0.3 is 5.69 Å². The van der Waals surface area contributed by atoms with Crippen LogP contribution in [0.25, 0.3) is 5.69 Å². The summed E-state index contributed by atoms with van der Waals surface area (Å²) in [5, 5.41) is 22.7. The first kappa shape index (κ1) is 18.2. The van der Waals surface area contributed by atoms with Gasteiger partial charge in [0.1, 0.15) is 6.33 Å². The molecule has 0 saturated carbocycles. The molecular formula is C15H13N9O4. The number of hydrogen-bond donors (Lipinski definition) is 5. The van der Waals surface area contributed by atoms with Gasteiger partial charge in [0.2, 0.25) is 5.88 Å². The van der Waals surface area contributed by atoms with Crippen LogP contribution in [0.2, 0.25) is 0 Å². The number of hydrogen-bond acceptors (Lipinski definition) is 8. The second-order valence-electron chi connectivity index (χ2n) is 5.15. The number of aromatic hydroxyl groups is 1. The Balaban J connectivity index is 0.000000391. The summed E-state index contributed by atoms with van der Waals surface area (Å²) in [6, 6.07) is 6.41. The van der Waals surface area contributed by atoms with Gasteiger partial charge in [0.25, 0.3) is 11.5 Å². The minimum absolute atomic E-state index is 0.372. The number of nitrogens with one attached hydrogen (secondary N) is 4. The third kappa shape index (κ3) is 4.34. The van der Waals surface area contributed by atoms with Gasteiger partial charge in [-0.3, -0.25) is 19.6 Å². The number of benzene rings is 1. The number of H-pyrrole nitrogens is 3. The number of amides is 1. The first-order valence-electron chi connectivity index (χ1n) is 7.67. The number of carbonyl (C=O) groups is 1. The van der Waals surface area contributed by atoms with Crippen LogP contribution in [0.3, 0.4) is 0 Å². The van der Waals surface area contributed by atoms with E-state index in [0.717, 1.165) is 0 Å². The molecule has 0 saturated heterocycles. The van der Waals surface area contributed by atoms with E-state index in [1.165, 1.54) is 11.0 Å². The van der Waals surface area contributed by atoms with Crippen molar-refractivity contribution in [2.45, 2.75) is 0 Å². The highest BCUT2D eigenvalue weighted by atomic mass is 16.3. The Morgan fingerprint density at radius 3 is 2.46 bits per heavy atom. The SMILES string of the molecule is O=C(Nc1ccc(-n2cnnn2)cc1)c1c(O)[nH]c(=O)[nH]c1=O.c1c[nH]cn1. The Morgan fingerprint density at radius 1 is 1.14 bits per heavy atom. The van der Waals surface area contributed by atoms with Gasteiger partial charge in [0.05, 0.1) is 12.0 Å². The monoisotopic (exact) mass is 383 g/mol. The Bertz CT molecular complexity index is 1130. The van der Waals surface area contributed by atoms with Gasteiger partial charge in [-0.2, -0.15) is 0 Å². The highest BCUT2D eigenvalue weighted by molar-refractivity contribution is 6.05. The second kappa shape index (κ2) is 8.22. The molecule has 142 valence electrons. The van der Waals surface area contributed by atoms with E-state index >= 15 is 0 Å². The molecule has 0 aliphatic rings. The van der Waals surface area contributed by atoms with E-state index in [2.05, 4.69) is 30.8 Å². The number of imidazole rings is 1. The molecule has 0 radical (unpaired) electrons. The van der Waals surface area contributed by atoms with Crippen LogP contribution in [0.15, 0.2) is 58.9 Å². The second-order valence-corrected chi connectivity index (χ2v) is 5.15. The van der Waals surface area contributed by atoms with Crippen LogP contribution >= 0.6 is 0 Å². The zero-order valence-corrected chi connectivity index (χ0v) is 14.0. The van der Waals surface area contributed by atoms with Crippen LogP contribution in [-0.4, -0.2) is 51.2 Å². The number of anilines is 1. The van der Waals surface area contributed by atoms with Gasteiger partial charge in [0, 0.05) is 18.1 Å². The summed E-state index contributed by atoms with van der Waals surface area (Å²) in [6.45, 7) is 0. The molecule has 28 heavy (non-hydrogen) atoms. The molecule has 0 atom stereocenters. The van der Waals surface area contributed by atoms with Crippen LogP contribution < -0.4 is 16.6 Å². The minimum atomic E-state index is -0.992. The van der Waals surface area contributed by atoms with Gasteiger partial charge in [-0.1, -0.05) is 0 Å². The minimum Gasteiger partial charge on any atom is -0.494 e. The van der Waals surface area contributed by atoms with E-state index in [1.807, 2.05) is 9.97 Å². The molecule has 5 N–H and O–H groups in total. The number of carbonyl (C=O) groups excluding carboxylic acids is 1. The molecule has 0 spiro atoms. The number of aromatic nitrogens is 8. The predicted molar refractivity (Wildman–Crippen MR) is 95.0 cm³/mol. The van der Waals surface area contributed by atoms with E-state index in [1.54, 1.807) is 43.0 Å². The van der Waals surface area contributed by atoms with Gasteiger partial charge in [-0.25, -0.2) is 14.5 Å². The van der Waals surface area contributed by atoms with Crippen LogP contribution in [-0.2, 0) is 0 Å². The van der Waals surface area contributed by atoms with Crippen molar-refractivity contribution in [1.82, 2.24) is 40.1 Å². The van der Waals surface area contributed by atoms with E-state index in [-0.39, 0.29) is 0 Å². The van der Waals surface area contributed by atoms with Gasteiger partial charge < -0.3 is 15.4 Å². The van der Waals surface area contributed by atoms with Crippen molar-refractivity contribution in [1.29, 1.82) is 0 Å². The Hall–Kier alpha value is -4.55. The maximum atomic E-state index is 12.0. The molecule has 0 bridgehead atoms. The van der Waals surface area contributed by atoms with Gasteiger partial charge in [-0.05, 0) is 34.7 Å². The zero-order valence-electron chi connectivity index (χ0n) is 14.0. The smallest absolute Gasteiger partial charge is 0.328 e. The summed E-state index contributed by atoms with van der Waals surface area (Å²) in [5.41, 5.74) is -1.45. The van der Waals surface area contributed by atoms with E-state index < -0.39 is 28.6 Å². The lowest BCUT2D eigenvalue weighted by Crippen LogP contribution is -2.30. The van der Waals surface area contributed by atoms with Crippen molar-refractivity contribution in [3.63, 3.8) is 0 Å². The summed E-state index contributed by atoms with van der Waals surface area (Å²) >= 11 is 0. The van der Waals surface area contributed by atoms with Crippen LogP contribution in [0.4, 0.5) is 5.69 Å². The van der Waals surface area contributed by atoms with Crippen molar-refractivity contribution in [2.75, 3.05) is 5.32 Å². The first-order valence-corrected chi connectivity index (χ1v) is 7.67. The van der Waals surface area contributed by atoms with Gasteiger partial charge in [-0.15, -0.1) is 5.10 Å². The molecule has 3 aromatic heterocycles. The third-order valence-corrected chi connectivity index (χ3v) is 3.29. The molecule has 0 unspecified atom stereocenters. The summed E-state index contributed by atoms with van der Waals surface area (Å²) in [5.74, 6) is -1.67. The zero-order chi connectivity index (χ0) is 19.9. The van der Waals surface area contributed by atoms with Crippen molar-refractivity contribution < 1.29 is 9.90 Å². The summed E-state index contributed by atoms with van der Waals surface area (Å²) < 4.78 is 1.42. The number of nitrogens with zero attached hydrogens (tertiary/aromatic N) is 5. The van der Waals surface area contributed by atoms with Crippen molar-refractivity contribution in [3.8, 4) is 11.6 Å². The Labute approximate surface area is 155 Å². The maximum absolute atomic E-state index is 12.0. The highest BCUT2D eigenvalue weighted by Crippen LogP contribution is 2.14. The summed E-state index contributed by atoms with van der Waals surface area (Å²) in [6.07, 6.45) is 6.49. The lowest BCUT2D eigenvalue weighted by Gasteiger charge is -2.06. The molecule has 13 heteroatoms. The quantitative estimate of drug-likeness (QED) is 0.310. The number of rotatable bonds is 3. The third-order valence-electron chi connectivity index (χ3n) is 3.29. The normalized spacial score (nSPS) is 10.0. The molecule has 13 nitrogen and oxygen atoms in total. The van der Waals surface area contributed by atoms with Crippen molar-refractivity contribution >= 4 is 11.6 Å². The van der Waals surface area contributed by atoms with E-state index in [4.69, 9.17) is 0 Å². The Kier molecular flexibility index (Phi) is 5.36. The lowest BCUT2D eigenvalue weighted by atomic mass is 10.2. The molecule has 0 aliphatic heterocycles. The van der Waals surface area contributed by atoms with Crippen LogP contribution in [0, 0.1) is 0 Å². The molecule has 1 amide bonds. The Morgan fingerprint density at radius 2 is 1.93 bits per heavy atom.